The van der Waals surface area contributed by atoms with E-state index in [9.17, 15) is 26.3 Å². The van der Waals surface area contributed by atoms with Crippen molar-refractivity contribution in [1.82, 2.24) is 0 Å². The molecule has 17 heavy (non-hydrogen) atoms. The van der Waals surface area contributed by atoms with Crippen LogP contribution in [0.25, 0.3) is 0 Å². The van der Waals surface area contributed by atoms with E-state index in [1.165, 1.54) is 0 Å². The Labute approximate surface area is 94.2 Å². The van der Waals surface area contributed by atoms with Crippen molar-refractivity contribution in [2.24, 2.45) is 0 Å². The molecule has 0 saturated carbocycles. The number of aryl methyl sites for hydroxylation is 1. The van der Waals surface area contributed by atoms with Crippen molar-refractivity contribution in [3.63, 3.8) is 0 Å². The highest BCUT2D eigenvalue weighted by Crippen LogP contribution is 2.36. The lowest BCUT2D eigenvalue weighted by Crippen LogP contribution is -2.12. The molecule has 6 heteroatoms. The second-order valence-electron chi connectivity index (χ2n) is 3.47. The first-order valence-corrected chi connectivity index (χ1v) is 4.73. The van der Waals surface area contributed by atoms with Crippen LogP contribution in [0.4, 0.5) is 26.3 Å². The first-order chi connectivity index (χ1) is 7.66. The fourth-order valence-electron chi connectivity index (χ4n) is 1.44. The highest BCUT2D eigenvalue weighted by Gasteiger charge is 2.36. The zero-order valence-electron chi connectivity index (χ0n) is 8.62. The Balaban J connectivity index is 3.27. The third kappa shape index (κ3) is 3.38. The lowest BCUT2D eigenvalue weighted by Gasteiger charge is -2.15. The molecule has 0 aliphatic rings. The van der Waals surface area contributed by atoms with E-state index in [1.807, 2.05) is 0 Å². The minimum Gasteiger partial charge on any atom is -0.166 e. The fourth-order valence-corrected chi connectivity index (χ4v) is 1.44. The van der Waals surface area contributed by atoms with Gasteiger partial charge in [-0.1, -0.05) is 6.92 Å². The third-order valence-corrected chi connectivity index (χ3v) is 2.18. The van der Waals surface area contributed by atoms with Crippen LogP contribution in [-0.4, -0.2) is 0 Å². The molecule has 0 unspecified atom stereocenters. The molecule has 1 aromatic carbocycles. The quantitative estimate of drug-likeness (QED) is 0.683. The largest absolute Gasteiger partial charge is 0.416 e. The van der Waals surface area contributed by atoms with E-state index in [2.05, 4.69) is 6.92 Å². The summed E-state index contributed by atoms with van der Waals surface area (Å²) in [7, 11) is 0. The molecule has 0 aliphatic carbocycles. The summed E-state index contributed by atoms with van der Waals surface area (Å²) in [6.07, 6.45) is -9.32. The number of alkyl halides is 6. The van der Waals surface area contributed by atoms with Gasteiger partial charge in [-0.2, -0.15) is 26.3 Å². The van der Waals surface area contributed by atoms with Crippen molar-refractivity contribution in [1.29, 1.82) is 0 Å². The molecular weight excluding hydrogens is 246 g/mol. The molecule has 95 valence electrons. The topological polar surface area (TPSA) is 0 Å². The van der Waals surface area contributed by atoms with Gasteiger partial charge in [0, 0.05) is 0 Å². The van der Waals surface area contributed by atoms with Crippen molar-refractivity contribution in [3.05, 3.63) is 41.8 Å². The van der Waals surface area contributed by atoms with Crippen molar-refractivity contribution in [2.75, 3.05) is 0 Å². The molecular formula is C11H9F6. The average Bonchev–Trinajstić information content (AvgIpc) is 2.15. The molecule has 0 spiro atoms. The summed E-state index contributed by atoms with van der Waals surface area (Å²) in [6.45, 7) is 3.35. The van der Waals surface area contributed by atoms with Crippen LogP contribution < -0.4 is 0 Å². The van der Waals surface area contributed by atoms with Gasteiger partial charge in [0.25, 0.3) is 0 Å². The van der Waals surface area contributed by atoms with Crippen LogP contribution in [0.1, 0.15) is 23.1 Å². The first-order valence-electron chi connectivity index (χ1n) is 4.73. The predicted molar refractivity (Wildman–Crippen MR) is 50.1 cm³/mol. The van der Waals surface area contributed by atoms with Gasteiger partial charge in [0.2, 0.25) is 0 Å². The summed E-state index contributed by atoms with van der Waals surface area (Å²) in [4.78, 5) is 0. The molecule has 0 bridgehead atoms. The zero-order valence-corrected chi connectivity index (χ0v) is 8.62. The van der Waals surface area contributed by atoms with Gasteiger partial charge < -0.3 is 0 Å². The standard InChI is InChI=1S/C11H9F6/c1-2-3-7-6-8(10(12,13)14)4-5-9(7)11(15,16)17/h4-6H,1-3H2. The first kappa shape index (κ1) is 13.9. The van der Waals surface area contributed by atoms with Crippen LogP contribution in [0.5, 0.6) is 0 Å². The Hall–Kier alpha value is -1.20. The Morgan fingerprint density at radius 3 is 1.94 bits per heavy atom. The van der Waals surface area contributed by atoms with Gasteiger partial charge in [0.1, 0.15) is 0 Å². The van der Waals surface area contributed by atoms with Gasteiger partial charge in [-0.15, -0.1) is 0 Å². The minimum atomic E-state index is -4.64. The van der Waals surface area contributed by atoms with E-state index in [1.54, 1.807) is 0 Å². The van der Waals surface area contributed by atoms with Gasteiger partial charge in [0.05, 0.1) is 11.1 Å². The molecule has 0 fully saturated rings. The van der Waals surface area contributed by atoms with E-state index >= 15 is 0 Å². The molecule has 0 aromatic heterocycles. The number of benzene rings is 1. The SMILES string of the molecule is [CH2]CCc1cc(C(F)(F)F)ccc1C(F)(F)F. The van der Waals surface area contributed by atoms with Crippen molar-refractivity contribution >= 4 is 0 Å². The van der Waals surface area contributed by atoms with E-state index in [-0.39, 0.29) is 18.4 Å². The maximum atomic E-state index is 12.5. The van der Waals surface area contributed by atoms with Crippen LogP contribution in [-0.2, 0) is 18.8 Å². The van der Waals surface area contributed by atoms with Crippen LogP contribution in [0, 0.1) is 6.92 Å². The van der Waals surface area contributed by atoms with Crippen LogP contribution in [0.15, 0.2) is 18.2 Å². The van der Waals surface area contributed by atoms with E-state index < -0.39 is 23.5 Å². The van der Waals surface area contributed by atoms with Gasteiger partial charge in [-0.05, 0) is 36.6 Å². The van der Waals surface area contributed by atoms with Crippen molar-refractivity contribution < 1.29 is 26.3 Å². The van der Waals surface area contributed by atoms with Crippen molar-refractivity contribution in [2.45, 2.75) is 25.2 Å². The normalized spacial score (nSPS) is 12.9. The number of hydrogen-bond donors (Lipinski definition) is 0. The molecule has 0 saturated heterocycles. The molecule has 0 N–H and O–H groups in total. The summed E-state index contributed by atoms with van der Waals surface area (Å²) in [5.74, 6) is 0. The van der Waals surface area contributed by atoms with Gasteiger partial charge in [-0.25, -0.2) is 0 Å². The lowest BCUT2D eigenvalue weighted by molar-refractivity contribution is -0.141. The van der Waals surface area contributed by atoms with Crippen LogP contribution >= 0.6 is 0 Å². The summed E-state index contributed by atoms with van der Waals surface area (Å²) < 4.78 is 74.5. The monoisotopic (exact) mass is 255 g/mol. The Morgan fingerprint density at radius 1 is 0.941 bits per heavy atom. The van der Waals surface area contributed by atoms with Crippen molar-refractivity contribution in [3.8, 4) is 0 Å². The summed E-state index contributed by atoms with van der Waals surface area (Å²) in [5, 5.41) is 0. The fraction of sp³-hybridized carbons (Fsp3) is 0.364. The minimum absolute atomic E-state index is 0.102. The smallest absolute Gasteiger partial charge is 0.166 e. The Bertz CT molecular complexity index is 388. The maximum Gasteiger partial charge on any atom is 0.416 e. The Kier molecular flexibility index (Phi) is 3.74. The van der Waals surface area contributed by atoms with E-state index in [0.29, 0.717) is 18.2 Å². The van der Waals surface area contributed by atoms with Gasteiger partial charge >= 0.3 is 12.4 Å². The average molecular weight is 255 g/mol. The molecule has 0 amide bonds. The molecule has 1 aromatic rings. The van der Waals surface area contributed by atoms with Gasteiger partial charge in [-0.3, -0.25) is 0 Å². The molecule has 0 nitrogen and oxygen atoms in total. The van der Waals surface area contributed by atoms with Gasteiger partial charge in [0.15, 0.2) is 0 Å². The van der Waals surface area contributed by atoms with E-state index in [4.69, 9.17) is 0 Å². The number of halogens is 6. The highest BCUT2D eigenvalue weighted by atomic mass is 19.4. The molecule has 0 heterocycles. The lowest BCUT2D eigenvalue weighted by atomic mass is 9.99. The summed E-state index contributed by atoms with van der Waals surface area (Å²) in [6, 6.07) is 1.44. The maximum absolute atomic E-state index is 12.5. The number of rotatable bonds is 2. The predicted octanol–water partition coefficient (Wildman–Crippen LogP) is 4.49. The molecule has 1 radical (unpaired) electrons. The summed E-state index contributed by atoms with van der Waals surface area (Å²) >= 11 is 0. The number of hydrogen-bond acceptors (Lipinski definition) is 0. The molecule has 0 aliphatic heterocycles. The highest BCUT2D eigenvalue weighted by molar-refractivity contribution is 5.35. The van der Waals surface area contributed by atoms with E-state index in [0.717, 1.165) is 0 Å². The second kappa shape index (κ2) is 4.58. The Morgan fingerprint density at radius 2 is 1.53 bits per heavy atom. The van der Waals surface area contributed by atoms with Crippen LogP contribution in [0.3, 0.4) is 0 Å². The molecule has 1 rings (SSSR count). The summed E-state index contributed by atoms with van der Waals surface area (Å²) in [5.41, 5.74) is -2.48. The molecule has 0 atom stereocenters. The zero-order chi connectivity index (χ0) is 13.3. The van der Waals surface area contributed by atoms with Crippen LogP contribution in [0.2, 0.25) is 0 Å². The second-order valence-corrected chi connectivity index (χ2v) is 3.47. The third-order valence-electron chi connectivity index (χ3n) is 2.18.